The maximum absolute atomic E-state index is 13.1. The molecule has 0 spiro atoms. The molecule has 0 aliphatic rings. The van der Waals surface area contributed by atoms with Crippen molar-refractivity contribution in [1.82, 2.24) is 5.43 Å². The Balaban J connectivity index is 1.72. The van der Waals surface area contributed by atoms with Crippen LogP contribution < -0.4 is 10.7 Å². The van der Waals surface area contributed by atoms with E-state index in [0.29, 0.717) is 12.0 Å². The number of alkyl halides is 3. The lowest BCUT2D eigenvalue weighted by Gasteiger charge is -2.11. The van der Waals surface area contributed by atoms with Crippen LogP contribution in [0.4, 0.5) is 18.9 Å². The van der Waals surface area contributed by atoms with E-state index in [2.05, 4.69) is 27.7 Å². The number of hydrogen-bond acceptors (Lipinski definition) is 5. The van der Waals surface area contributed by atoms with Crippen molar-refractivity contribution in [3.8, 4) is 11.8 Å². The molecule has 0 aliphatic carbocycles. The molecule has 0 atom stereocenters. The summed E-state index contributed by atoms with van der Waals surface area (Å²) >= 11 is 11.6. The van der Waals surface area contributed by atoms with Crippen molar-refractivity contribution in [2.45, 2.75) is 19.5 Å². The second kappa shape index (κ2) is 13.6. The predicted octanol–water partition coefficient (Wildman–Crippen LogP) is 6.33. The molecule has 0 aliphatic heterocycles. The molecule has 206 valence electrons. The summed E-state index contributed by atoms with van der Waals surface area (Å²) in [6.07, 6.45) is -3.32. The summed E-state index contributed by atoms with van der Waals surface area (Å²) in [5.74, 6) is 4.01. The molecular weight excluding hydrogens is 570 g/mol. The van der Waals surface area contributed by atoms with Gasteiger partial charge in [-0.25, -0.2) is 5.43 Å². The van der Waals surface area contributed by atoms with Crippen LogP contribution >= 0.6 is 23.2 Å². The largest absolute Gasteiger partial charge is 0.465 e. The van der Waals surface area contributed by atoms with Crippen molar-refractivity contribution in [2.75, 3.05) is 11.9 Å². The fourth-order valence-corrected chi connectivity index (χ4v) is 3.62. The van der Waals surface area contributed by atoms with Crippen LogP contribution in [0.1, 0.15) is 50.8 Å². The van der Waals surface area contributed by atoms with E-state index in [1.807, 2.05) is 0 Å². The first kappa shape index (κ1) is 30.2. The van der Waals surface area contributed by atoms with Gasteiger partial charge in [-0.15, -0.1) is 0 Å². The fourth-order valence-electron chi connectivity index (χ4n) is 3.22. The van der Waals surface area contributed by atoms with Gasteiger partial charge in [0, 0.05) is 29.5 Å². The molecule has 0 radical (unpaired) electrons. The van der Waals surface area contributed by atoms with Gasteiger partial charge in [-0.2, -0.15) is 18.3 Å². The Labute approximate surface area is 237 Å². The monoisotopic (exact) mass is 589 g/mol. The quantitative estimate of drug-likeness (QED) is 0.111. The minimum absolute atomic E-state index is 0.0356. The number of nitrogens with one attached hydrogen (secondary N) is 2. The van der Waals surface area contributed by atoms with Crippen LogP contribution in [0, 0.1) is 11.8 Å². The smallest absolute Gasteiger partial charge is 0.417 e. The van der Waals surface area contributed by atoms with E-state index in [4.69, 9.17) is 27.9 Å². The average Bonchev–Trinajstić information content (AvgIpc) is 2.89. The Morgan fingerprint density at radius 2 is 1.80 bits per heavy atom. The molecule has 7 nitrogen and oxygen atoms in total. The topological polar surface area (TPSA) is 96.9 Å². The minimum Gasteiger partial charge on any atom is -0.465 e. The van der Waals surface area contributed by atoms with E-state index in [-0.39, 0.29) is 34.0 Å². The van der Waals surface area contributed by atoms with Crippen molar-refractivity contribution < 1.29 is 32.3 Å². The molecule has 3 rings (SSSR count). The molecular formula is C28H20Cl2F3N3O4. The van der Waals surface area contributed by atoms with Gasteiger partial charge < -0.3 is 10.1 Å². The number of carbonyl (C=O) groups is 3. The highest BCUT2D eigenvalue weighted by Crippen LogP contribution is 2.34. The van der Waals surface area contributed by atoms with Crippen molar-refractivity contribution in [1.29, 1.82) is 0 Å². The van der Waals surface area contributed by atoms with Gasteiger partial charge >= 0.3 is 12.1 Å². The number of hydrazone groups is 1. The van der Waals surface area contributed by atoms with E-state index in [1.165, 1.54) is 31.2 Å². The summed E-state index contributed by atoms with van der Waals surface area (Å²) in [6.45, 7) is 1.46. The van der Waals surface area contributed by atoms with E-state index in [1.54, 1.807) is 24.3 Å². The van der Waals surface area contributed by atoms with Crippen molar-refractivity contribution >= 4 is 52.9 Å². The molecule has 40 heavy (non-hydrogen) atoms. The number of halogens is 5. The third-order valence-corrected chi connectivity index (χ3v) is 5.60. The minimum atomic E-state index is -4.66. The molecule has 0 saturated carbocycles. The van der Waals surface area contributed by atoms with Crippen LogP contribution in [0.25, 0.3) is 0 Å². The molecule has 0 heterocycles. The van der Waals surface area contributed by atoms with Crippen molar-refractivity contribution in [2.24, 2.45) is 5.10 Å². The number of nitrogens with zero attached hydrogens (tertiary/aromatic N) is 1. The van der Waals surface area contributed by atoms with Gasteiger partial charge in [-0.1, -0.05) is 47.2 Å². The van der Waals surface area contributed by atoms with Gasteiger partial charge in [-0.05, 0) is 54.1 Å². The lowest BCUT2D eigenvalue weighted by molar-refractivity contribution is -0.140. The van der Waals surface area contributed by atoms with Gasteiger partial charge in [0.1, 0.15) is 6.61 Å². The zero-order valence-electron chi connectivity index (χ0n) is 20.7. The summed E-state index contributed by atoms with van der Waals surface area (Å²) < 4.78 is 44.0. The van der Waals surface area contributed by atoms with Gasteiger partial charge in [0.05, 0.1) is 28.1 Å². The van der Waals surface area contributed by atoms with Gasteiger partial charge in [0.15, 0.2) is 0 Å². The first-order valence-electron chi connectivity index (χ1n) is 11.5. The Bertz CT molecular complexity index is 1530. The lowest BCUT2D eigenvalue weighted by Crippen LogP contribution is -2.21. The Morgan fingerprint density at radius 3 is 2.52 bits per heavy atom. The second-order valence-electron chi connectivity index (χ2n) is 8.05. The molecule has 0 bridgehead atoms. The van der Waals surface area contributed by atoms with Crippen LogP contribution in [0.5, 0.6) is 0 Å². The fraction of sp³-hybridized carbons (Fsp3) is 0.143. The molecule has 0 aromatic heterocycles. The summed E-state index contributed by atoms with van der Waals surface area (Å²) in [5, 5.41) is 6.07. The predicted molar refractivity (Wildman–Crippen MR) is 145 cm³/mol. The third kappa shape index (κ3) is 8.86. The maximum Gasteiger partial charge on any atom is 0.417 e. The number of benzene rings is 3. The Hall–Kier alpha value is -4.33. The van der Waals surface area contributed by atoms with Crippen LogP contribution in [-0.4, -0.2) is 30.6 Å². The van der Waals surface area contributed by atoms with Gasteiger partial charge in [-0.3, -0.25) is 14.4 Å². The molecule has 3 aromatic rings. The van der Waals surface area contributed by atoms with Crippen LogP contribution in [0.2, 0.25) is 10.0 Å². The highest BCUT2D eigenvalue weighted by molar-refractivity contribution is 6.31. The number of rotatable bonds is 7. The molecule has 0 saturated heterocycles. The van der Waals surface area contributed by atoms with Crippen LogP contribution in [0.15, 0.2) is 65.8 Å². The van der Waals surface area contributed by atoms with Crippen LogP contribution in [0.3, 0.4) is 0 Å². The number of esters is 1. The number of anilines is 1. The molecule has 2 N–H and O–H groups in total. The summed E-state index contributed by atoms with van der Waals surface area (Å²) in [4.78, 5) is 36.5. The third-order valence-electron chi connectivity index (χ3n) is 5.04. The molecule has 0 unspecified atom stereocenters. The summed E-state index contributed by atoms with van der Waals surface area (Å²) in [5.41, 5.74) is 2.10. The SMILES string of the molecule is CC(=O)OCCC#Cc1cccc(C(=O)Nc2ccc(Cl)cc2C(=O)N/N=C/c2ccc(Cl)c(C(F)(F)F)c2)c1. The normalized spacial score (nSPS) is 10.9. The number of ether oxygens (including phenoxy) is 1. The summed E-state index contributed by atoms with van der Waals surface area (Å²) in [7, 11) is 0. The van der Waals surface area contributed by atoms with Crippen molar-refractivity contribution in [3.05, 3.63) is 98.5 Å². The second-order valence-corrected chi connectivity index (χ2v) is 8.90. The van der Waals surface area contributed by atoms with Gasteiger partial charge in [0.25, 0.3) is 11.8 Å². The maximum atomic E-state index is 13.1. The van der Waals surface area contributed by atoms with E-state index in [0.717, 1.165) is 18.3 Å². The Kier molecular flexibility index (Phi) is 10.3. The van der Waals surface area contributed by atoms with Crippen LogP contribution in [-0.2, 0) is 15.7 Å². The molecule has 12 heteroatoms. The van der Waals surface area contributed by atoms with Crippen molar-refractivity contribution in [3.63, 3.8) is 0 Å². The Morgan fingerprint density at radius 1 is 1.02 bits per heavy atom. The first-order valence-corrected chi connectivity index (χ1v) is 12.2. The standard InChI is InChI=1S/C28H20Cl2F3N3O4/c1-17(37)40-12-3-2-5-18-6-4-7-20(13-18)26(38)35-25-11-9-21(29)15-22(25)27(39)36-34-16-19-8-10-24(30)23(14-19)28(31,32)33/h4,6-11,13-16H,3,12H2,1H3,(H,35,38)(H,36,39)/b34-16+. The van der Waals surface area contributed by atoms with E-state index >= 15 is 0 Å². The molecule has 0 fully saturated rings. The lowest BCUT2D eigenvalue weighted by atomic mass is 10.1. The first-order chi connectivity index (χ1) is 18.9. The highest BCUT2D eigenvalue weighted by Gasteiger charge is 2.33. The summed E-state index contributed by atoms with van der Waals surface area (Å²) in [6, 6.07) is 13.8. The van der Waals surface area contributed by atoms with Gasteiger partial charge in [0.2, 0.25) is 0 Å². The number of carbonyl (C=O) groups excluding carboxylic acids is 3. The average molecular weight is 590 g/mol. The number of hydrogen-bond donors (Lipinski definition) is 2. The zero-order valence-corrected chi connectivity index (χ0v) is 22.2. The van der Waals surface area contributed by atoms with E-state index < -0.39 is 34.5 Å². The molecule has 3 aromatic carbocycles. The van der Waals surface area contributed by atoms with E-state index in [9.17, 15) is 27.6 Å². The highest BCUT2D eigenvalue weighted by atomic mass is 35.5. The molecule has 2 amide bonds. The number of amides is 2. The zero-order chi connectivity index (χ0) is 29.3.